The summed E-state index contributed by atoms with van der Waals surface area (Å²) in [6.45, 7) is 4.00. The van der Waals surface area contributed by atoms with Gasteiger partial charge in [0.1, 0.15) is 5.58 Å². The number of methoxy groups -OCH3 is 1. The minimum atomic E-state index is -0.405. The molecular weight excluding hydrogens is 396 g/mol. The Morgan fingerprint density at radius 2 is 1.57 bits per heavy atom. The molecule has 5 nitrogen and oxygen atoms in total. The van der Waals surface area contributed by atoms with Crippen LogP contribution in [-0.2, 0) is 0 Å². The SMILES string of the molecule is CC.COc1c(C(=O)NNSc2ccccc2)oc2ccc(-c3ccccc3)cc12. The summed E-state index contributed by atoms with van der Waals surface area (Å²) >= 11 is 1.30. The van der Waals surface area contributed by atoms with Crippen molar-refractivity contribution >= 4 is 28.8 Å². The maximum atomic E-state index is 12.6. The Morgan fingerprint density at radius 1 is 0.900 bits per heavy atom. The van der Waals surface area contributed by atoms with Crippen molar-refractivity contribution in [1.29, 1.82) is 0 Å². The van der Waals surface area contributed by atoms with Gasteiger partial charge in [0.15, 0.2) is 5.75 Å². The van der Waals surface area contributed by atoms with Crippen LogP contribution in [-0.4, -0.2) is 13.0 Å². The van der Waals surface area contributed by atoms with Crippen LogP contribution in [0.4, 0.5) is 0 Å². The first kappa shape index (κ1) is 21.5. The van der Waals surface area contributed by atoms with Crippen molar-refractivity contribution in [3.8, 4) is 16.9 Å². The number of carbonyl (C=O) groups is 1. The molecule has 1 heterocycles. The normalized spacial score (nSPS) is 10.2. The molecule has 6 heteroatoms. The van der Waals surface area contributed by atoms with E-state index in [1.807, 2.05) is 92.7 Å². The summed E-state index contributed by atoms with van der Waals surface area (Å²) in [5.41, 5.74) is 5.33. The lowest BCUT2D eigenvalue weighted by Gasteiger charge is -2.06. The number of hydrogen-bond acceptors (Lipinski definition) is 5. The van der Waals surface area contributed by atoms with Crippen LogP contribution in [0.1, 0.15) is 24.4 Å². The van der Waals surface area contributed by atoms with Gasteiger partial charge in [0.2, 0.25) is 5.76 Å². The minimum absolute atomic E-state index is 0.129. The molecule has 0 saturated carbocycles. The van der Waals surface area contributed by atoms with Gasteiger partial charge in [-0.05, 0) is 47.3 Å². The van der Waals surface area contributed by atoms with E-state index < -0.39 is 5.91 Å². The van der Waals surface area contributed by atoms with Crippen LogP contribution < -0.4 is 15.0 Å². The van der Waals surface area contributed by atoms with Crippen LogP contribution in [0.25, 0.3) is 22.1 Å². The Balaban J connectivity index is 0.00000124. The van der Waals surface area contributed by atoms with Crippen LogP contribution in [0.2, 0.25) is 0 Å². The third-order valence-corrected chi connectivity index (χ3v) is 4.95. The molecule has 0 atom stereocenters. The number of furan rings is 1. The van der Waals surface area contributed by atoms with Gasteiger partial charge in [0.25, 0.3) is 0 Å². The molecule has 3 aromatic carbocycles. The second kappa shape index (κ2) is 10.5. The summed E-state index contributed by atoms with van der Waals surface area (Å²) in [7, 11) is 1.53. The second-order valence-electron chi connectivity index (χ2n) is 6.01. The number of fused-ring (bicyclic) bond motifs is 1. The molecule has 0 radical (unpaired) electrons. The van der Waals surface area contributed by atoms with Gasteiger partial charge in [-0.2, -0.15) is 4.83 Å². The van der Waals surface area contributed by atoms with Gasteiger partial charge >= 0.3 is 5.91 Å². The van der Waals surface area contributed by atoms with Crippen LogP contribution >= 0.6 is 11.9 Å². The maximum Gasteiger partial charge on any atom is 0.305 e. The fourth-order valence-electron chi connectivity index (χ4n) is 2.91. The van der Waals surface area contributed by atoms with E-state index in [0.29, 0.717) is 11.3 Å². The molecule has 0 aliphatic carbocycles. The molecule has 0 fully saturated rings. The molecule has 30 heavy (non-hydrogen) atoms. The highest BCUT2D eigenvalue weighted by atomic mass is 32.2. The zero-order valence-corrected chi connectivity index (χ0v) is 18.0. The Hall–Kier alpha value is -3.22. The quantitative estimate of drug-likeness (QED) is 0.292. The average molecular weight is 421 g/mol. The van der Waals surface area contributed by atoms with Crippen molar-refractivity contribution in [1.82, 2.24) is 10.3 Å². The predicted molar refractivity (Wildman–Crippen MR) is 122 cm³/mol. The van der Waals surface area contributed by atoms with Crippen LogP contribution in [0.5, 0.6) is 5.75 Å². The number of benzene rings is 3. The maximum absolute atomic E-state index is 12.6. The first-order valence-corrected chi connectivity index (χ1v) is 10.5. The van der Waals surface area contributed by atoms with Crippen molar-refractivity contribution in [2.45, 2.75) is 18.7 Å². The van der Waals surface area contributed by atoms with Crippen molar-refractivity contribution in [2.24, 2.45) is 0 Å². The van der Waals surface area contributed by atoms with E-state index >= 15 is 0 Å². The monoisotopic (exact) mass is 420 g/mol. The van der Waals surface area contributed by atoms with E-state index in [-0.39, 0.29) is 5.76 Å². The summed E-state index contributed by atoms with van der Waals surface area (Å²) in [4.78, 5) is 16.4. The number of amides is 1. The van der Waals surface area contributed by atoms with E-state index in [9.17, 15) is 4.79 Å². The van der Waals surface area contributed by atoms with Crippen LogP contribution in [0.3, 0.4) is 0 Å². The molecule has 0 saturated heterocycles. The number of carbonyl (C=O) groups excluding carboxylic acids is 1. The highest BCUT2D eigenvalue weighted by Gasteiger charge is 2.22. The van der Waals surface area contributed by atoms with Gasteiger partial charge in [-0.25, -0.2) is 0 Å². The van der Waals surface area contributed by atoms with E-state index in [0.717, 1.165) is 21.4 Å². The molecule has 0 bridgehead atoms. The van der Waals surface area contributed by atoms with E-state index in [1.54, 1.807) is 0 Å². The molecule has 1 aromatic heterocycles. The zero-order chi connectivity index (χ0) is 21.3. The summed E-state index contributed by atoms with van der Waals surface area (Å²) in [5.74, 6) is 0.137. The molecule has 2 N–H and O–H groups in total. The van der Waals surface area contributed by atoms with E-state index in [2.05, 4.69) is 10.3 Å². The molecule has 4 aromatic rings. The Labute approximate surface area is 180 Å². The molecular formula is C24H24N2O3S. The van der Waals surface area contributed by atoms with Crippen LogP contribution in [0, 0.1) is 0 Å². The van der Waals surface area contributed by atoms with Crippen molar-refractivity contribution < 1.29 is 13.9 Å². The first-order chi connectivity index (χ1) is 14.8. The average Bonchev–Trinajstić information content (AvgIpc) is 3.19. The van der Waals surface area contributed by atoms with Gasteiger partial charge in [0.05, 0.1) is 12.5 Å². The summed E-state index contributed by atoms with van der Waals surface area (Å²) in [5, 5.41) is 0.754. The highest BCUT2D eigenvalue weighted by Crippen LogP contribution is 2.35. The topological polar surface area (TPSA) is 63.5 Å². The fourth-order valence-corrected chi connectivity index (χ4v) is 3.47. The number of hydrazine groups is 1. The number of rotatable bonds is 6. The summed E-state index contributed by atoms with van der Waals surface area (Å²) in [6, 6.07) is 25.5. The van der Waals surface area contributed by atoms with Crippen molar-refractivity contribution in [3.05, 3.63) is 84.6 Å². The molecule has 0 spiro atoms. The van der Waals surface area contributed by atoms with Gasteiger partial charge < -0.3 is 9.15 Å². The first-order valence-electron chi connectivity index (χ1n) is 9.69. The summed E-state index contributed by atoms with van der Waals surface area (Å²) in [6.07, 6.45) is 0. The molecule has 0 unspecified atom stereocenters. The third-order valence-electron chi connectivity index (χ3n) is 4.24. The Bertz CT molecular complexity index is 1100. The number of ether oxygens (including phenoxy) is 1. The van der Waals surface area contributed by atoms with Gasteiger partial charge in [-0.3, -0.25) is 10.2 Å². The molecule has 154 valence electrons. The smallest absolute Gasteiger partial charge is 0.305 e. The molecule has 4 rings (SSSR count). The third kappa shape index (κ3) is 4.84. The van der Waals surface area contributed by atoms with E-state index in [1.165, 1.54) is 19.1 Å². The lowest BCUT2D eigenvalue weighted by Crippen LogP contribution is -2.32. The molecule has 0 aliphatic rings. The standard InChI is InChI=1S/C22H18N2O3S.C2H6/c1-26-20-18-14-16(15-8-4-2-5-9-15)12-13-19(18)27-21(20)22(25)23-24-28-17-10-6-3-7-11-17;1-2/h2-14,24H,1H3,(H,23,25);1-2H3. The van der Waals surface area contributed by atoms with Crippen molar-refractivity contribution in [3.63, 3.8) is 0 Å². The molecule has 1 amide bonds. The van der Waals surface area contributed by atoms with Crippen LogP contribution in [0.15, 0.2) is 88.2 Å². The van der Waals surface area contributed by atoms with Gasteiger partial charge in [0, 0.05) is 4.90 Å². The largest absolute Gasteiger partial charge is 0.492 e. The minimum Gasteiger partial charge on any atom is -0.492 e. The van der Waals surface area contributed by atoms with Gasteiger partial charge in [-0.15, -0.1) is 0 Å². The Kier molecular flexibility index (Phi) is 7.54. The summed E-state index contributed by atoms with van der Waals surface area (Å²) < 4.78 is 11.2. The zero-order valence-electron chi connectivity index (χ0n) is 17.1. The Morgan fingerprint density at radius 3 is 2.23 bits per heavy atom. The fraction of sp³-hybridized carbons (Fsp3) is 0.125. The predicted octanol–water partition coefficient (Wildman–Crippen LogP) is 6.08. The van der Waals surface area contributed by atoms with E-state index in [4.69, 9.17) is 9.15 Å². The lowest BCUT2D eigenvalue weighted by atomic mass is 10.0. The molecule has 0 aliphatic heterocycles. The van der Waals surface area contributed by atoms with Crippen molar-refractivity contribution in [2.75, 3.05) is 7.11 Å². The van der Waals surface area contributed by atoms with Gasteiger partial charge in [-0.1, -0.05) is 68.4 Å². The lowest BCUT2D eigenvalue weighted by molar-refractivity contribution is 0.0917. The highest BCUT2D eigenvalue weighted by molar-refractivity contribution is 7.97. The second-order valence-corrected chi connectivity index (χ2v) is 6.89. The number of hydrogen-bond donors (Lipinski definition) is 2. The number of nitrogens with one attached hydrogen (secondary N) is 2.